The van der Waals surface area contributed by atoms with Gasteiger partial charge in [-0.15, -0.1) is 0 Å². The van der Waals surface area contributed by atoms with E-state index in [1.54, 1.807) is 27.2 Å². The number of H-pyrrole nitrogens is 1. The van der Waals surface area contributed by atoms with Crippen LogP contribution in [0.1, 0.15) is 12.8 Å². The molecule has 0 aliphatic heterocycles. The summed E-state index contributed by atoms with van der Waals surface area (Å²) < 4.78 is 1.81. The standard InChI is InChI=1S/C11H11IN2O2/c12-10(15)6-3-7-14-9-5-2-1-4-8(9)13-11(14)16/h1-2,4-5H,3,6-7H2,(H,13,16). The van der Waals surface area contributed by atoms with Gasteiger partial charge in [0.1, 0.15) is 0 Å². The Balaban J connectivity index is 2.26. The summed E-state index contributed by atoms with van der Waals surface area (Å²) in [7, 11) is 0. The fourth-order valence-electron chi connectivity index (χ4n) is 1.70. The van der Waals surface area contributed by atoms with Gasteiger partial charge in [-0.3, -0.25) is 9.36 Å². The van der Waals surface area contributed by atoms with Gasteiger partial charge in [0.15, 0.2) is 3.79 Å². The quantitative estimate of drug-likeness (QED) is 0.689. The lowest BCUT2D eigenvalue weighted by Gasteiger charge is -2.00. The lowest BCUT2D eigenvalue weighted by Crippen LogP contribution is -2.16. The Morgan fingerprint density at radius 2 is 2.12 bits per heavy atom. The zero-order valence-corrected chi connectivity index (χ0v) is 10.7. The van der Waals surface area contributed by atoms with Crippen molar-refractivity contribution in [1.29, 1.82) is 0 Å². The molecule has 1 heterocycles. The maximum absolute atomic E-state index is 11.6. The molecule has 0 spiro atoms. The molecule has 2 aromatic rings. The molecule has 0 atom stereocenters. The lowest BCUT2D eigenvalue weighted by atomic mass is 10.3. The van der Waals surface area contributed by atoms with Gasteiger partial charge in [-0.25, -0.2) is 4.79 Å². The highest BCUT2D eigenvalue weighted by Crippen LogP contribution is 2.10. The van der Waals surface area contributed by atoms with Crippen LogP contribution in [0.15, 0.2) is 29.1 Å². The minimum Gasteiger partial charge on any atom is -0.306 e. The third-order valence-electron chi connectivity index (χ3n) is 2.44. The van der Waals surface area contributed by atoms with Gasteiger partial charge in [0, 0.05) is 13.0 Å². The number of aromatic amines is 1. The van der Waals surface area contributed by atoms with Gasteiger partial charge in [0.2, 0.25) is 0 Å². The van der Waals surface area contributed by atoms with Gasteiger partial charge < -0.3 is 4.98 Å². The largest absolute Gasteiger partial charge is 0.326 e. The topological polar surface area (TPSA) is 54.9 Å². The molecule has 0 radical (unpaired) electrons. The first kappa shape index (κ1) is 11.4. The van der Waals surface area contributed by atoms with E-state index in [9.17, 15) is 9.59 Å². The molecule has 5 heteroatoms. The first-order valence-electron chi connectivity index (χ1n) is 5.04. The van der Waals surface area contributed by atoms with Crippen molar-refractivity contribution in [2.24, 2.45) is 0 Å². The van der Waals surface area contributed by atoms with Crippen LogP contribution in [0.2, 0.25) is 0 Å². The first-order valence-corrected chi connectivity index (χ1v) is 6.12. The molecule has 0 amide bonds. The molecular weight excluding hydrogens is 319 g/mol. The maximum atomic E-state index is 11.6. The number of aromatic nitrogens is 2. The zero-order chi connectivity index (χ0) is 11.5. The minimum absolute atomic E-state index is 0.109. The molecule has 0 aliphatic rings. The van der Waals surface area contributed by atoms with Crippen LogP contribution in [0.3, 0.4) is 0 Å². The number of para-hydroxylation sites is 2. The van der Waals surface area contributed by atoms with E-state index in [1.165, 1.54) is 0 Å². The van der Waals surface area contributed by atoms with E-state index >= 15 is 0 Å². The van der Waals surface area contributed by atoms with Crippen LogP contribution >= 0.6 is 22.6 Å². The van der Waals surface area contributed by atoms with Crippen LogP contribution in [0.5, 0.6) is 0 Å². The fraction of sp³-hybridized carbons (Fsp3) is 0.273. The average Bonchev–Trinajstić information content (AvgIpc) is 2.55. The van der Waals surface area contributed by atoms with E-state index in [1.807, 2.05) is 24.3 Å². The zero-order valence-electron chi connectivity index (χ0n) is 8.57. The predicted octanol–water partition coefficient (Wildman–Crippen LogP) is 2.07. The fourth-order valence-corrected chi connectivity index (χ4v) is 2.09. The summed E-state index contributed by atoms with van der Waals surface area (Å²) in [4.78, 5) is 25.2. The van der Waals surface area contributed by atoms with Crippen molar-refractivity contribution in [3.05, 3.63) is 34.7 Å². The van der Waals surface area contributed by atoms with Crippen molar-refractivity contribution in [1.82, 2.24) is 9.55 Å². The number of hydrogen-bond donors (Lipinski definition) is 1. The van der Waals surface area contributed by atoms with Gasteiger partial charge in [-0.2, -0.15) is 0 Å². The van der Waals surface area contributed by atoms with E-state index < -0.39 is 0 Å². The van der Waals surface area contributed by atoms with Gasteiger partial charge in [0.25, 0.3) is 0 Å². The number of nitrogens with zero attached hydrogens (tertiary/aromatic N) is 1. The van der Waals surface area contributed by atoms with Crippen LogP contribution in [0.4, 0.5) is 0 Å². The van der Waals surface area contributed by atoms with Gasteiger partial charge in [0.05, 0.1) is 11.0 Å². The molecule has 1 N–H and O–H groups in total. The summed E-state index contributed by atoms with van der Waals surface area (Å²) in [6.45, 7) is 0.581. The van der Waals surface area contributed by atoms with Crippen LogP contribution in [0.25, 0.3) is 11.0 Å². The highest BCUT2D eigenvalue weighted by atomic mass is 127. The molecule has 1 aromatic carbocycles. The molecule has 0 unspecified atom stereocenters. The van der Waals surface area contributed by atoms with Gasteiger partial charge in [-0.05, 0) is 41.1 Å². The van der Waals surface area contributed by atoms with Crippen molar-refractivity contribution in [3.63, 3.8) is 0 Å². The second-order valence-electron chi connectivity index (χ2n) is 3.56. The number of carbonyl (C=O) groups excluding carboxylic acids is 1. The Morgan fingerprint density at radius 1 is 1.38 bits per heavy atom. The summed E-state index contributed by atoms with van der Waals surface area (Å²) in [5.41, 5.74) is 1.63. The number of nitrogens with one attached hydrogen (secondary N) is 1. The van der Waals surface area contributed by atoms with E-state index in [-0.39, 0.29) is 9.48 Å². The van der Waals surface area contributed by atoms with E-state index in [0.29, 0.717) is 19.4 Å². The van der Waals surface area contributed by atoms with E-state index in [2.05, 4.69) is 4.98 Å². The third kappa shape index (κ3) is 2.34. The second kappa shape index (κ2) is 4.82. The Hall–Kier alpha value is -1.11. The summed E-state index contributed by atoms with van der Waals surface area (Å²) in [5.74, 6) is 0. The molecular formula is C11H11IN2O2. The number of aryl methyl sites for hydroxylation is 1. The monoisotopic (exact) mass is 330 g/mol. The highest BCUT2D eigenvalue weighted by Gasteiger charge is 2.05. The Morgan fingerprint density at radius 3 is 2.88 bits per heavy atom. The molecule has 2 rings (SSSR count). The molecule has 0 fully saturated rings. The Bertz CT molecular complexity index is 571. The number of rotatable bonds is 4. The van der Waals surface area contributed by atoms with Crippen molar-refractivity contribution in [3.8, 4) is 0 Å². The molecule has 0 bridgehead atoms. The van der Waals surface area contributed by atoms with Crippen molar-refractivity contribution < 1.29 is 4.79 Å². The van der Waals surface area contributed by atoms with Crippen LogP contribution in [-0.4, -0.2) is 13.3 Å². The molecule has 16 heavy (non-hydrogen) atoms. The number of benzene rings is 1. The number of hydrogen-bond acceptors (Lipinski definition) is 2. The lowest BCUT2D eigenvalue weighted by molar-refractivity contribution is -0.109. The molecule has 4 nitrogen and oxygen atoms in total. The number of halogens is 1. The van der Waals surface area contributed by atoms with Crippen LogP contribution in [-0.2, 0) is 11.3 Å². The SMILES string of the molecule is O=C(I)CCCn1c(=O)[nH]c2ccccc21. The number of carbonyl (C=O) groups is 1. The normalized spacial score (nSPS) is 10.8. The summed E-state index contributed by atoms with van der Waals surface area (Å²) >= 11 is 1.78. The van der Waals surface area contributed by atoms with Crippen LogP contribution < -0.4 is 5.69 Å². The second-order valence-corrected chi connectivity index (χ2v) is 4.76. The van der Waals surface area contributed by atoms with Crippen molar-refractivity contribution in [2.45, 2.75) is 19.4 Å². The molecule has 84 valence electrons. The molecule has 0 aliphatic carbocycles. The van der Waals surface area contributed by atoms with Crippen LogP contribution in [0, 0.1) is 0 Å². The average molecular weight is 330 g/mol. The van der Waals surface area contributed by atoms with Crippen molar-refractivity contribution in [2.75, 3.05) is 0 Å². The summed E-state index contributed by atoms with van der Waals surface area (Å²) in [6.07, 6.45) is 1.20. The Labute approximate surface area is 106 Å². The molecule has 0 saturated heterocycles. The predicted molar refractivity (Wildman–Crippen MR) is 70.8 cm³/mol. The molecule has 1 aromatic heterocycles. The smallest absolute Gasteiger partial charge is 0.306 e. The third-order valence-corrected chi connectivity index (χ3v) is 2.98. The van der Waals surface area contributed by atoms with Gasteiger partial charge >= 0.3 is 5.69 Å². The summed E-state index contributed by atoms with van der Waals surface area (Å²) in [5, 5.41) is 0. The van der Waals surface area contributed by atoms with Crippen molar-refractivity contribution >= 4 is 37.4 Å². The minimum atomic E-state index is -0.109. The van der Waals surface area contributed by atoms with E-state index in [4.69, 9.17) is 0 Å². The van der Waals surface area contributed by atoms with Gasteiger partial charge in [-0.1, -0.05) is 12.1 Å². The number of fused-ring (bicyclic) bond motifs is 1. The maximum Gasteiger partial charge on any atom is 0.326 e. The molecule has 0 saturated carbocycles. The van der Waals surface area contributed by atoms with E-state index in [0.717, 1.165) is 11.0 Å². The number of imidazole rings is 1. The highest BCUT2D eigenvalue weighted by molar-refractivity contribution is 14.1. The summed E-state index contributed by atoms with van der Waals surface area (Å²) in [6, 6.07) is 7.56. The first-order chi connectivity index (χ1) is 7.68. The Kier molecular flexibility index (Phi) is 3.42.